The lowest BCUT2D eigenvalue weighted by molar-refractivity contribution is -0.0894. The van der Waals surface area contributed by atoms with E-state index in [1.807, 2.05) is 4.90 Å². The molecule has 1 rings (SSSR count). The molecule has 5 nitrogen and oxygen atoms in total. The molecule has 1 saturated heterocycles. The van der Waals surface area contributed by atoms with Gasteiger partial charge in [-0.3, -0.25) is 4.90 Å². The molecule has 0 aliphatic carbocycles. The zero-order valence-electron chi connectivity index (χ0n) is 12.6. The standard InChI is InChI=1S/C15H31NO4/c1-2-3-4-5-6-7-8-9-16-10-12(17)14(19)15(20)13(18)11-16/h12-15,17-20H,2-11H2,1H3/t12-,13-,14+,15+/m0/s1. The van der Waals surface area contributed by atoms with E-state index in [1.54, 1.807) is 0 Å². The molecule has 0 saturated carbocycles. The van der Waals surface area contributed by atoms with E-state index in [2.05, 4.69) is 6.92 Å². The molecule has 0 unspecified atom stereocenters. The highest BCUT2D eigenvalue weighted by atomic mass is 16.4. The van der Waals surface area contributed by atoms with Crippen LogP contribution in [0.5, 0.6) is 0 Å². The van der Waals surface area contributed by atoms with E-state index in [1.165, 1.54) is 32.1 Å². The molecular weight excluding hydrogens is 258 g/mol. The number of aliphatic hydroxyl groups is 4. The highest BCUT2D eigenvalue weighted by molar-refractivity contribution is 4.88. The summed E-state index contributed by atoms with van der Waals surface area (Å²) in [5.41, 5.74) is 0. The molecule has 0 aromatic heterocycles. The second-order valence-electron chi connectivity index (χ2n) is 6.00. The first-order chi connectivity index (χ1) is 9.56. The number of hydrogen-bond donors (Lipinski definition) is 4. The summed E-state index contributed by atoms with van der Waals surface area (Å²) in [7, 11) is 0. The van der Waals surface area contributed by atoms with Crippen LogP contribution in [-0.4, -0.2) is 69.4 Å². The summed E-state index contributed by atoms with van der Waals surface area (Å²) >= 11 is 0. The van der Waals surface area contributed by atoms with Crippen LogP contribution in [0.25, 0.3) is 0 Å². The Morgan fingerprint density at radius 2 is 1.20 bits per heavy atom. The van der Waals surface area contributed by atoms with Crippen LogP contribution in [0.3, 0.4) is 0 Å². The van der Waals surface area contributed by atoms with E-state index in [-0.39, 0.29) is 0 Å². The molecule has 1 aliphatic heterocycles. The van der Waals surface area contributed by atoms with E-state index in [0.717, 1.165) is 19.4 Å². The van der Waals surface area contributed by atoms with Crippen LogP contribution in [0.2, 0.25) is 0 Å². The maximum atomic E-state index is 9.75. The van der Waals surface area contributed by atoms with Gasteiger partial charge in [0.15, 0.2) is 0 Å². The Bertz CT molecular complexity index is 236. The van der Waals surface area contributed by atoms with Crippen LogP contribution in [0.15, 0.2) is 0 Å². The fraction of sp³-hybridized carbons (Fsp3) is 1.00. The summed E-state index contributed by atoms with van der Waals surface area (Å²) < 4.78 is 0. The lowest BCUT2D eigenvalue weighted by atomic mass is 10.1. The van der Waals surface area contributed by atoms with E-state index in [4.69, 9.17) is 0 Å². The second kappa shape index (κ2) is 9.68. The van der Waals surface area contributed by atoms with Crippen LogP contribution in [0, 0.1) is 0 Å². The topological polar surface area (TPSA) is 84.2 Å². The molecule has 1 aliphatic rings. The predicted molar refractivity (Wildman–Crippen MR) is 78.5 cm³/mol. The molecule has 0 amide bonds. The van der Waals surface area contributed by atoms with Crippen LogP contribution in [0.4, 0.5) is 0 Å². The van der Waals surface area contributed by atoms with Gasteiger partial charge in [-0.25, -0.2) is 0 Å². The summed E-state index contributed by atoms with van der Waals surface area (Å²) in [5.74, 6) is 0. The zero-order valence-corrected chi connectivity index (χ0v) is 12.6. The maximum absolute atomic E-state index is 9.75. The lowest BCUT2D eigenvalue weighted by Gasteiger charge is -2.23. The van der Waals surface area contributed by atoms with E-state index in [0.29, 0.717) is 13.1 Å². The first-order valence-electron chi connectivity index (χ1n) is 8.01. The SMILES string of the molecule is CCCCCCCCCN1C[C@H](O)[C@@H](O)[C@H](O)[C@@H](O)C1. The molecule has 120 valence electrons. The monoisotopic (exact) mass is 289 g/mol. The lowest BCUT2D eigenvalue weighted by Crippen LogP contribution is -2.43. The van der Waals surface area contributed by atoms with Gasteiger partial charge >= 0.3 is 0 Å². The van der Waals surface area contributed by atoms with Gasteiger partial charge in [0.05, 0.1) is 12.2 Å². The third kappa shape index (κ3) is 6.06. The molecule has 0 bridgehead atoms. The first kappa shape index (κ1) is 17.9. The van der Waals surface area contributed by atoms with Gasteiger partial charge in [-0.1, -0.05) is 45.4 Å². The Hall–Kier alpha value is -0.200. The number of likely N-dealkylation sites (tertiary alicyclic amines) is 1. The highest BCUT2D eigenvalue weighted by Crippen LogP contribution is 2.15. The van der Waals surface area contributed by atoms with Crippen molar-refractivity contribution in [2.24, 2.45) is 0 Å². The number of hydrogen-bond acceptors (Lipinski definition) is 5. The summed E-state index contributed by atoms with van der Waals surface area (Å²) in [6.07, 6.45) is 4.03. The van der Waals surface area contributed by atoms with Crippen molar-refractivity contribution in [3.8, 4) is 0 Å². The Labute approximate surface area is 122 Å². The summed E-state index contributed by atoms with van der Waals surface area (Å²) in [4.78, 5) is 1.93. The van der Waals surface area contributed by atoms with Gasteiger partial charge in [-0.2, -0.15) is 0 Å². The fourth-order valence-corrected chi connectivity index (χ4v) is 2.75. The third-order valence-corrected chi connectivity index (χ3v) is 4.11. The van der Waals surface area contributed by atoms with Gasteiger partial charge in [0.25, 0.3) is 0 Å². The number of nitrogens with zero attached hydrogens (tertiary/aromatic N) is 1. The van der Waals surface area contributed by atoms with E-state index >= 15 is 0 Å². The third-order valence-electron chi connectivity index (χ3n) is 4.11. The first-order valence-corrected chi connectivity index (χ1v) is 8.01. The molecule has 20 heavy (non-hydrogen) atoms. The van der Waals surface area contributed by atoms with Crippen molar-refractivity contribution in [1.29, 1.82) is 0 Å². The van der Waals surface area contributed by atoms with Crippen molar-refractivity contribution in [3.63, 3.8) is 0 Å². The molecule has 1 heterocycles. The van der Waals surface area contributed by atoms with Gasteiger partial charge in [0.2, 0.25) is 0 Å². The van der Waals surface area contributed by atoms with Crippen molar-refractivity contribution in [3.05, 3.63) is 0 Å². The number of rotatable bonds is 8. The minimum Gasteiger partial charge on any atom is -0.389 e. The van der Waals surface area contributed by atoms with Gasteiger partial charge in [0.1, 0.15) is 12.2 Å². The van der Waals surface area contributed by atoms with Gasteiger partial charge in [-0.15, -0.1) is 0 Å². The maximum Gasteiger partial charge on any atom is 0.110 e. The minimum absolute atomic E-state index is 0.311. The molecule has 0 radical (unpaired) electrons. The van der Waals surface area contributed by atoms with Crippen molar-refractivity contribution in [1.82, 2.24) is 4.90 Å². The predicted octanol–water partition coefficient (Wildman–Crippen LogP) is 0.496. The average Bonchev–Trinajstić information content (AvgIpc) is 2.51. The van der Waals surface area contributed by atoms with E-state index in [9.17, 15) is 20.4 Å². The van der Waals surface area contributed by atoms with Crippen molar-refractivity contribution >= 4 is 0 Å². The minimum atomic E-state index is -1.26. The molecule has 4 N–H and O–H groups in total. The largest absolute Gasteiger partial charge is 0.389 e. The smallest absolute Gasteiger partial charge is 0.110 e. The Balaban J connectivity index is 2.19. The summed E-state index contributed by atoms with van der Waals surface area (Å²) in [6, 6.07) is 0. The quantitative estimate of drug-likeness (QED) is 0.489. The van der Waals surface area contributed by atoms with Crippen molar-refractivity contribution < 1.29 is 20.4 Å². The van der Waals surface area contributed by atoms with Crippen LogP contribution < -0.4 is 0 Å². The fourth-order valence-electron chi connectivity index (χ4n) is 2.75. The highest BCUT2D eigenvalue weighted by Gasteiger charge is 2.35. The van der Waals surface area contributed by atoms with Crippen molar-refractivity contribution in [2.75, 3.05) is 19.6 Å². The van der Waals surface area contributed by atoms with Crippen molar-refractivity contribution in [2.45, 2.75) is 76.3 Å². The number of aliphatic hydroxyl groups excluding tert-OH is 4. The molecule has 0 aromatic rings. The zero-order chi connectivity index (χ0) is 15.0. The van der Waals surface area contributed by atoms with E-state index < -0.39 is 24.4 Å². The number of unbranched alkanes of at least 4 members (excludes halogenated alkanes) is 6. The summed E-state index contributed by atoms with van der Waals surface area (Å²) in [5, 5.41) is 38.7. The average molecular weight is 289 g/mol. The molecule has 0 spiro atoms. The summed E-state index contributed by atoms with van der Waals surface area (Å²) in [6.45, 7) is 3.62. The molecule has 1 fully saturated rings. The Kier molecular flexibility index (Phi) is 8.64. The van der Waals surface area contributed by atoms with Gasteiger partial charge in [-0.05, 0) is 13.0 Å². The normalized spacial score (nSPS) is 32.2. The van der Waals surface area contributed by atoms with Gasteiger partial charge in [0, 0.05) is 13.1 Å². The Morgan fingerprint density at radius 1 is 0.750 bits per heavy atom. The Morgan fingerprint density at radius 3 is 1.70 bits per heavy atom. The molecule has 0 aromatic carbocycles. The molecular formula is C15H31NO4. The second-order valence-corrected chi connectivity index (χ2v) is 6.00. The molecule has 5 heteroatoms. The molecule has 4 atom stereocenters. The van der Waals surface area contributed by atoms with Crippen LogP contribution >= 0.6 is 0 Å². The van der Waals surface area contributed by atoms with Gasteiger partial charge < -0.3 is 20.4 Å². The number of β-amino-alcohol motifs (C(OH)–C–C–N with tert-alkyl or cyclic N) is 2. The van der Waals surface area contributed by atoms with Crippen LogP contribution in [-0.2, 0) is 0 Å². The van der Waals surface area contributed by atoms with Crippen LogP contribution in [0.1, 0.15) is 51.9 Å².